The number of amides is 3. The number of esters is 5. The molecule has 3 aromatic rings. The van der Waals surface area contributed by atoms with E-state index in [1.165, 1.54) is 88.4 Å². The molecule has 24 nitrogen and oxygen atoms in total. The Morgan fingerprint density at radius 1 is 0.812 bits per heavy atom. The van der Waals surface area contributed by atoms with Crippen LogP contribution >= 0.6 is 0 Å². The molecule has 2 saturated carbocycles. The van der Waals surface area contributed by atoms with Gasteiger partial charge in [0.05, 0.1) is 48.9 Å². The Morgan fingerprint density at radius 3 is 1.95 bits per heavy atom. The van der Waals surface area contributed by atoms with Gasteiger partial charge in [-0.3, -0.25) is 38.1 Å². The number of benzene rings is 3. The number of ketones is 1. The Bertz CT molecular complexity index is 3170. The smallest absolute Gasteiger partial charge is 0.350 e. The van der Waals surface area contributed by atoms with E-state index in [0.29, 0.717) is 0 Å². The van der Waals surface area contributed by atoms with Gasteiger partial charge in [0.15, 0.2) is 22.7 Å². The second-order valence-electron chi connectivity index (χ2n) is 21.0. The molecule has 1 unspecified atom stereocenters. The van der Waals surface area contributed by atoms with Crippen molar-refractivity contribution >= 4 is 69.4 Å². The summed E-state index contributed by atoms with van der Waals surface area (Å²) in [6.07, 6.45) is -14.8. The number of aliphatic hydroxyl groups is 2. The number of aliphatic hydroxyl groups excluding tert-OH is 1. The molecular formula is C55H58N2O22S. The second-order valence-corrected chi connectivity index (χ2v) is 22.6. The summed E-state index contributed by atoms with van der Waals surface area (Å²) in [5.74, 6) is -13.5. The van der Waals surface area contributed by atoms with Crippen LogP contribution in [0.3, 0.4) is 0 Å². The molecule has 3 aromatic carbocycles. The fourth-order valence-corrected chi connectivity index (χ4v) is 12.5. The second kappa shape index (κ2) is 22.1. The predicted octanol–water partition coefficient (Wildman–Crippen LogP) is 2.54. The summed E-state index contributed by atoms with van der Waals surface area (Å²) in [4.78, 5) is 143. The quantitative estimate of drug-likeness (QED) is 0.0526. The van der Waals surface area contributed by atoms with E-state index in [1.54, 1.807) is 30.3 Å². The minimum Gasteiger partial charge on any atom is -0.455 e. The molecule has 0 radical (unpaired) electrons. The molecule has 4 fully saturated rings. The zero-order chi connectivity index (χ0) is 58.4. The molecule has 2 aliphatic heterocycles. The van der Waals surface area contributed by atoms with E-state index in [2.05, 4.69) is 5.32 Å². The van der Waals surface area contributed by atoms with Gasteiger partial charge in [0.2, 0.25) is 6.10 Å². The van der Waals surface area contributed by atoms with Crippen LogP contribution in [0.5, 0.6) is 0 Å². The van der Waals surface area contributed by atoms with Crippen molar-refractivity contribution in [1.29, 1.82) is 0 Å². The van der Waals surface area contributed by atoms with E-state index in [-0.39, 0.29) is 39.3 Å². The molecule has 426 valence electrons. The number of rotatable bonds is 16. The molecule has 0 aromatic heterocycles. The maximum Gasteiger partial charge on any atom is 0.350 e. The van der Waals surface area contributed by atoms with Crippen molar-refractivity contribution < 1.29 is 104 Å². The molecule has 3 aliphatic carbocycles. The number of nitrogens with one attached hydrogen (secondary N) is 1. The molecule has 3 amide bonds. The van der Waals surface area contributed by atoms with Crippen LogP contribution in [0.1, 0.15) is 106 Å². The standard InChI is InChI=1S/C55H58N2O22S/c1-28-34(75-51(68)44(42(31-16-10-7-11-17-31)56-48(65)32-18-12-8-13-19-32)76-39(62)22-23-40(63)79-57-38(61)24-35(49(57)66)80(70,71)72)26-55(69)47(77-50(67)33-20-14-9-15-21-33)45-53(6,36(60)25-37-54(45,27-73-37)78-30(3)59)46(64)43(74-29(2)58)41(28)52(55,4)5/h7-21,34-37,42-45,47,60,69H,22-27H2,1-6H3,(H,56,65)(H,70,71,72)/t34-,35?,36-,37+,42-,43+,44+,45-,47-,53+,54-,55+/m0/s1. The van der Waals surface area contributed by atoms with Gasteiger partial charge < -0.3 is 48.8 Å². The number of hydroxylamine groups is 2. The molecule has 4 N–H and O–H groups in total. The third-order valence-corrected chi connectivity index (χ3v) is 17.0. The van der Waals surface area contributed by atoms with Gasteiger partial charge in [0.25, 0.3) is 27.8 Å². The average molecular weight is 1130 g/mol. The fourth-order valence-electron chi connectivity index (χ4n) is 11.7. The number of imide groups is 1. The Kier molecular flexibility index (Phi) is 16.1. The van der Waals surface area contributed by atoms with Gasteiger partial charge in [-0.2, -0.15) is 8.42 Å². The summed E-state index contributed by atoms with van der Waals surface area (Å²) in [6.45, 7) is 7.34. The van der Waals surface area contributed by atoms with Gasteiger partial charge in [-0.25, -0.2) is 14.4 Å². The summed E-state index contributed by atoms with van der Waals surface area (Å²) in [5.41, 5.74) is -8.52. The molecule has 0 spiro atoms. The van der Waals surface area contributed by atoms with E-state index in [0.717, 1.165) is 13.8 Å². The van der Waals surface area contributed by atoms with Gasteiger partial charge in [-0.05, 0) is 54.8 Å². The van der Waals surface area contributed by atoms with E-state index in [4.69, 9.17) is 33.3 Å². The van der Waals surface area contributed by atoms with Crippen molar-refractivity contribution in [1.82, 2.24) is 10.4 Å². The van der Waals surface area contributed by atoms with Crippen molar-refractivity contribution in [3.8, 4) is 0 Å². The summed E-state index contributed by atoms with van der Waals surface area (Å²) in [6, 6.07) is 21.1. The van der Waals surface area contributed by atoms with Crippen LogP contribution in [-0.2, 0) is 81.7 Å². The number of Topliss-reactive ketones (excluding diaryl/α,β-unsaturated/α-hetero) is 1. The Balaban J connectivity index is 1.23. The van der Waals surface area contributed by atoms with Gasteiger partial charge in [-0.1, -0.05) is 80.6 Å². The van der Waals surface area contributed by atoms with Gasteiger partial charge in [0, 0.05) is 37.7 Å². The molecular weight excluding hydrogens is 1070 g/mol. The summed E-state index contributed by atoms with van der Waals surface area (Å²) in [5, 5.41) is 26.5. The lowest BCUT2D eigenvalue weighted by atomic mass is 9.44. The van der Waals surface area contributed by atoms with Crippen LogP contribution in [0.25, 0.3) is 0 Å². The Morgan fingerprint density at radius 2 is 1.40 bits per heavy atom. The summed E-state index contributed by atoms with van der Waals surface area (Å²) >= 11 is 0. The number of hydrogen-bond acceptors (Lipinski definition) is 21. The Hall–Kier alpha value is -7.71. The van der Waals surface area contributed by atoms with Crippen molar-refractivity contribution in [3.05, 3.63) is 119 Å². The van der Waals surface area contributed by atoms with Gasteiger partial charge >= 0.3 is 35.8 Å². The first-order chi connectivity index (χ1) is 37.6. The molecule has 12 atom stereocenters. The van der Waals surface area contributed by atoms with E-state index < -0.39 is 178 Å². The van der Waals surface area contributed by atoms with Crippen LogP contribution in [-0.4, -0.2) is 147 Å². The predicted molar refractivity (Wildman–Crippen MR) is 269 cm³/mol. The zero-order valence-corrected chi connectivity index (χ0v) is 44.9. The number of carbonyl (C=O) groups is 10. The maximum atomic E-state index is 15.8. The normalized spacial score (nSPS) is 29.4. The van der Waals surface area contributed by atoms with Gasteiger partial charge in [-0.15, -0.1) is 5.06 Å². The van der Waals surface area contributed by atoms with E-state index in [1.807, 2.05) is 0 Å². The SMILES string of the molecule is CC(=O)O[C@H]1C(=O)[C@@]2(C)[C@H]([C@H](OC(=O)c3ccccc3)[C@]3(O)C[C@H](OC(=O)[C@H](OC(=O)CCC(=O)ON4C(=O)CC(S(=O)(=O)O)C4=O)[C@@H](NC(=O)c4ccccc4)c4ccccc4)C(C)=C1C3(C)C)[C@]1(OC(C)=O)CO[C@@H]1C[C@@H]2O. The summed E-state index contributed by atoms with van der Waals surface area (Å²) in [7, 11) is -5.09. The third kappa shape index (κ3) is 10.6. The fraction of sp³-hybridized carbons (Fsp3) is 0.455. The van der Waals surface area contributed by atoms with Crippen molar-refractivity contribution in [3.63, 3.8) is 0 Å². The van der Waals surface area contributed by atoms with E-state index >= 15 is 9.59 Å². The number of fused-ring (bicyclic) bond motifs is 5. The molecule has 25 heteroatoms. The first-order valence-electron chi connectivity index (χ1n) is 25.3. The maximum absolute atomic E-state index is 15.8. The monoisotopic (exact) mass is 1130 g/mol. The Labute approximate surface area is 457 Å². The largest absolute Gasteiger partial charge is 0.455 e. The van der Waals surface area contributed by atoms with Crippen molar-refractivity contribution in [2.24, 2.45) is 16.7 Å². The van der Waals surface area contributed by atoms with Crippen LogP contribution < -0.4 is 5.32 Å². The van der Waals surface area contributed by atoms with Crippen LogP contribution in [0, 0.1) is 16.7 Å². The van der Waals surface area contributed by atoms with Crippen LogP contribution in [0.4, 0.5) is 0 Å². The average Bonchev–Trinajstić information content (AvgIpc) is 2.08. The van der Waals surface area contributed by atoms with Crippen LogP contribution in [0.15, 0.2) is 102 Å². The topological polar surface area (TPSA) is 345 Å². The number of nitrogens with zero attached hydrogens (tertiary/aromatic N) is 1. The lowest BCUT2D eigenvalue weighted by Crippen LogP contribution is -2.82. The number of hydrogen-bond donors (Lipinski definition) is 4. The molecule has 8 rings (SSSR count). The molecule has 2 bridgehead atoms. The minimum absolute atomic E-state index is 0.00712. The molecule has 80 heavy (non-hydrogen) atoms. The summed E-state index contributed by atoms with van der Waals surface area (Å²) < 4.78 is 69.1. The van der Waals surface area contributed by atoms with E-state index in [9.17, 15) is 61.5 Å². The molecule has 5 aliphatic rings. The number of ether oxygens (including phenoxy) is 6. The highest BCUT2D eigenvalue weighted by Crippen LogP contribution is 2.64. The lowest BCUT2D eigenvalue weighted by Gasteiger charge is -2.67. The molecule has 2 heterocycles. The zero-order valence-electron chi connectivity index (χ0n) is 44.1. The van der Waals surface area contributed by atoms with Crippen molar-refractivity contribution in [2.75, 3.05) is 6.61 Å². The highest BCUT2D eigenvalue weighted by molar-refractivity contribution is 7.87. The first-order valence-corrected chi connectivity index (χ1v) is 26.8. The highest BCUT2D eigenvalue weighted by Gasteiger charge is 2.78. The van der Waals surface area contributed by atoms with Crippen LogP contribution in [0.2, 0.25) is 0 Å². The minimum atomic E-state index is -5.09. The third-order valence-electron chi connectivity index (χ3n) is 15.9. The number of carbonyl (C=O) groups excluding carboxylic acids is 10. The lowest BCUT2D eigenvalue weighted by molar-refractivity contribution is -0.346. The first kappa shape index (κ1) is 58.4. The van der Waals surface area contributed by atoms with Gasteiger partial charge in [0.1, 0.15) is 30.0 Å². The molecule has 2 saturated heterocycles. The van der Waals surface area contributed by atoms with Crippen molar-refractivity contribution in [2.45, 2.75) is 133 Å². The highest BCUT2D eigenvalue weighted by atomic mass is 32.2.